The van der Waals surface area contributed by atoms with Crippen molar-refractivity contribution in [3.63, 3.8) is 0 Å². The Balaban J connectivity index is 4.06. The van der Waals surface area contributed by atoms with Gasteiger partial charge in [0.2, 0.25) is 5.91 Å². The molecule has 0 fully saturated rings. The third-order valence-electron chi connectivity index (χ3n) is 2.20. The van der Waals surface area contributed by atoms with E-state index in [1.807, 2.05) is 27.7 Å². The number of amides is 2. The fourth-order valence-corrected chi connectivity index (χ4v) is 1.13. The zero-order valence-corrected chi connectivity index (χ0v) is 11.7. The zero-order valence-electron chi connectivity index (χ0n) is 11.7. The van der Waals surface area contributed by atoms with Gasteiger partial charge in [-0.3, -0.25) is 4.79 Å². The molecule has 0 saturated carbocycles. The van der Waals surface area contributed by atoms with Crippen LogP contribution in [-0.2, 0) is 9.53 Å². The smallest absolute Gasteiger partial charge is 0.410 e. The maximum Gasteiger partial charge on any atom is 0.410 e. The quantitative estimate of drug-likeness (QED) is 0.756. The molecule has 0 bridgehead atoms. The second kappa shape index (κ2) is 6.47. The maximum absolute atomic E-state index is 11.6. The first-order valence-corrected chi connectivity index (χ1v) is 5.85. The topological polar surface area (TPSA) is 49.9 Å². The second-order valence-corrected chi connectivity index (χ2v) is 5.07. The van der Waals surface area contributed by atoms with E-state index in [1.165, 1.54) is 4.90 Å². The van der Waals surface area contributed by atoms with Crippen molar-refractivity contribution in [1.82, 2.24) is 9.80 Å². The Kier molecular flexibility index (Phi) is 5.99. The van der Waals surface area contributed by atoms with Gasteiger partial charge in [-0.1, -0.05) is 6.92 Å². The molecular formula is C12H24N2O3. The highest BCUT2D eigenvalue weighted by Crippen LogP contribution is 2.08. The predicted molar refractivity (Wildman–Crippen MR) is 66.8 cm³/mol. The molecule has 0 aliphatic carbocycles. The first-order chi connectivity index (χ1) is 7.67. The first-order valence-electron chi connectivity index (χ1n) is 5.85. The van der Waals surface area contributed by atoms with Gasteiger partial charge in [0.05, 0.1) is 0 Å². The Bertz CT molecular complexity index is 271. The zero-order chi connectivity index (χ0) is 13.6. The van der Waals surface area contributed by atoms with Crippen LogP contribution in [0.4, 0.5) is 4.79 Å². The van der Waals surface area contributed by atoms with E-state index in [4.69, 9.17) is 4.74 Å². The molecule has 2 amide bonds. The fraction of sp³-hybridized carbons (Fsp3) is 0.833. The lowest BCUT2D eigenvalue weighted by atomic mass is 10.2. The molecule has 5 nitrogen and oxygen atoms in total. The number of carbonyl (C=O) groups excluding carboxylic acids is 2. The van der Waals surface area contributed by atoms with Gasteiger partial charge in [0.25, 0.3) is 0 Å². The summed E-state index contributed by atoms with van der Waals surface area (Å²) in [4.78, 5) is 26.0. The Labute approximate surface area is 104 Å². The Morgan fingerprint density at radius 1 is 1.06 bits per heavy atom. The Morgan fingerprint density at radius 3 is 1.94 bits per heavy atom. The number of rotatable bonds is 4. The van der Waals surface area contributed by atoms with Crippen LogP contribution in [0.25, 0.3) is 0 Å². The lowest BCUT2D eigenvalue weighted by Crippen LogP contribution is -2.39. The molecule has 0 rings (SSSR count). The summed E-state index contributed by atoms with van der Waals surface area (Å²) in [6.07, 6.45) is 0.113. The molecule has 17 heavy (non-hydrogen) atoms. The first kappa shape index (κ1) is 15.7. The molecular weight excluding hydrogens is 220 g/mol. The van der Waals surface area contributed by atoms with Crippen LogP contribution in [0.3, 0.4) is 0 Å². The summed E-state index contributed by atoms with van der Waals surface area (Å²) >= 11 is 0. The molecule has 0 aliphatic rings. The van der Waals surface area contributed by atoms with E-state index in [2.05, 4.69) is 0 Å². The van der Waals surface area contributed by atoms with Crippen LogP contribution in [-0.4, -0.2) is 54.6 Å². The predicted octanol–water partition coefficient (Wildman–Crippen LogP) is 1.72. The third kappa shape index (κ3) is 6.81. The third-order valence-corrected chi connectivity index (χ3v) is 2.20. The van der Waals surface area contributed by atoms with Gasteiger partial charge < -0.3 is 14.5 Å². The molecule has 0 radical (unpaired) electrons. The SMILES string of the molecule is CCC(=O)N(C)CCN(C)C(=O)OC(C)(C)C. The maximum atomic E-state index is 11.6. The molecule has 0 atom stereocenters. The standard InChI is InChI=1S/C12H24N2O3/c1-7-10(15)13(5)8-9-14(6)11(16)17-12(2,3)4/h7-9H2,1-6H3. The summed E-state index contributed by atoms with van der Waals surface area (Å²) in [5.74, 6) is 0.0718. The van der Waals surface area contributed by atoms with E-state index in [1.54, 1.807) is 19.0 Å². The minimum atomic E-state index is -0.490. The van der Waals surface area contributed by atoms with E-state index in [0.717, 1.165) is 0 Å². The summed E-state index contributed by atoms with van der Waals surface area (Å²) in [6.45, 7) is 8.28. The minimum Gasteiger partial charge on any atom is -0.444 e. The largest absolute Gasteiger partial charge is 0.444 e. The van der Waals surface area contributed by atoms with Crippen LogP contribution in [0.15, 0.2) is 0 Å². The Hall–Kier alpha value is -1.26. The van der Waals surface area contributed by atoms with Crippen molar-refractivity contribution >= 4 is 12.0 Å². The molecule has 0 N–H and O–H groups in total. The average molecular weight is 244 g/mol. The average Bonchev–Trinajstić information content (AvgIpc) is 2.21. The van der Waals surface area contributed by atoms with E-state index in [0.29, 0.717) is 19.5 Å². The Morgan fingerprint density at radius 2 is 1.53 bits per heavy atom. The molecule has 0 heterocycles. The molecule has 0 aromatic carbocycles. The van der Waals surface area contributed by atoms with Crippen molar-refractivity contribution in [2.45, 2.75) is 39.7 Å². The van der Waals surface area contributed by atoms with Gasteiger partial charge in [-0.25, -0.2) is 4.79 Å². The number of hydrogen-bond acceptors (Lipinski definition) is 3. The van der Waals surface area contributed by atoms with Crippen molar-refractivity contribution in [2.75, 3.05) is 27.2 Å². The summed E-state index contributed by atoms with van der Waals surface area (Å²) in [5, 5.41) is 0. The van der Waals surface area contributed by atoms with E-state index >= 15 is 0 Å². The summed E-state index contributed by atoms with van der Waals surface area (Å²) in [5.41, 5.74) is -0.490. The van der Waals surface area contributed by atoms with Crippen LogP contribution >= 0.6 is 0 Å². The van der Waals surface area contributed by atoms with Crippen LogP contribution in [0, 0.1) is 0 Å². The van der Waals surface area contributed by atoms with Crippen LogP contribution in [0.5, 0.6) is 0 Å². The van der Waals surface area contributed by atoms with Crippen molar-refractivity contribution in [3.05, 3.63) is 0 Å². The van der Waals surface area contributed by atoms with Gasteiger partial charge in [0.15, 0.2) is 0 Å². The minimum absolute atomic E-state index is 0.0718. The molecule has 0 aromatic heterocycles. The van der Waals surface area contributed by atoms with E-state index < -0.39 is 5.60 Å². The monoisotopic (exact) mass is 244 g/mol. The molecule has 0 spiro atoms. The summed E-state index contributed by atoms with van der Waals surface area (Å²) < 4.78 is 5.20. The van der Waals surface area contributed by atoms with Crippen molar-refractivity contribution in [3.8, 4) is 0 Å². The van der Waals surface area contributed by atoms with Gasteiger partial charge in [0.1, 0.15) is 5.60 Å². The van der Waals surface area contributed by atoms with Crippen molar-refractivity contribution < 1.29 is 14.3 Å². The fourth-order valence-electron chi connectivity index (χ4n) is 1.13. The summed E-state index contributed by atoms with van der Waals surface area (Å²) in [6, 6.07) is 0. The molecule has 5 heteroatoms. The number of ether oxygens (including phenoxy) is 1. The van der Waals surface area contributed by atoms with Gasteiger partial charge >= 0.3 is 6.09 Å². The molecule has 0 aliphatic heterocycles. The summed E-state index contributed by atoms with van der Waals surface area (Å²) in [7, 11) is 3.40. The van der Waals surface area contributed by atoms with Crippen LogP contribution in [0.2, 0.25) is 0 Å². The van der Waals surface area contributed by atoms with Gasteiger partial charge in [0, 0.05) is 33.6 Å². The van der Waals surface area contributed by atoms with Crippen molar-refractivity contribution in [2.24, 2.45) is 0 Å². The highest BCUT2D eigenvalue weighted by Gasteiger charge is 2.19. The van der Waals surface area contributed by atoms with Gasteiger partial charge in [-0.05, 0) is 20.8 Å². The van der Waals surface area contributed by atoms with Crippen LogP contribution in [0.1, 0.15) is 34.1 Å². The van der Waals surface area contributed by atoms with E-state index in [-0.39, 0.29) is 12.0 Å². The highest BCUT2D eigenvalue weighted by atomic mass is 16.6. The van der Waals surface area contributed by atoms with Crippen LogP contribution < -0.4 is 0 Å². The molecule has 0 aromatic rings. The van der Waals surface area contributed by atoms with Gasteiger partial charge in [-0.15, -0.1) is 0 Å². The molecule has 0 saturated heterocycles. The molecule has 0 unspecified atom stereocenters. The number of likely N-dealkylation sites (N-methyl/N-ethyl adjacent to an activating group) is 2. The number of hydrogen-bond donors (Lipinski definition) is 0. The lowest BCUT2D eigenvalue weighted by Gasteiger charge is -2.26. The normalized spacial score (nSPS) is 10.9. The lowest BCUT2D eigenvalue weighted by molar-refractivity contribution is -0.129. The van der Waals surface area contributed by atoms with Gasteiger partial charge in [-0.2, -0.15) is 0 Å². The van der Waals surface area contributed by atoms with E-state index in [9.17, 15) is 9.59 Å². The highest BCUT2D eigenvalue weighted by molar-refractivity contribution is 5.75. The molecule has 100 valence electrons. The number of nitrogens with zero attached hydrogens (tertiary/aromatic N) is 2. The number of carbonyl (C=O) groups is 2. The van der Waals surface area contributed by atoms with Crippen molar-refractivity contribution in [1.29, 1.82) is 0 Å². The second-order valence-electron chi connectivity index (χ2n) is 5.07.